The van der Waals surface area contributed by atoms with Crippen molar-refractivity contribution in [3.8, 4) is 0 Å². The van der Waals surface area contributed by atoms with Crippen molar-refractivity contribution in [2.24, 2.45) is 5.73 Å². The van der Waals surface area contributed by atoms with Gasteiger partial charge in [-0.05, 0) is 20.3 Å². The maximum atomic E-state index is 11.9. The summed E-state index contributed by atoms with van der Waals surface area (Å²) < 4.78 is 35.8. The van der Waals surface area contributed by atoms with Crippen molar-refractivity contribution in [3.63, 3.8) is 0 Å². The second-order valence-electron chi connectivity index (χ2n) is 4.35. The van der Waals surface area contributed by atoms with Gasteiger partial charge in [-0.15, -0.1) is 0 Å². The Morgan fingerprint density at radius 3 is 2.13 bits per heavy atom. The monoisotopic (exact) mass is 226 g/mol. The normalized spacial score (nSPS) is 12.7. The highest BCUT2D eigenvalue weighted by atomic mass is 19.4. The molecular weight excluding hydrogens is 209 g/mol. The fourth-order valence-corrected chi connectivity index (χ4v) is 0.977. The molecule has 0 saturated carbocycles. The van der Waals surface area contributed by atoms with E-state index in [0.717, 1.165) is 7.05 Å². The third kappa shape index (κ3) is 8.23. The number of halogens is 3. The summed E-state index contributed by atoms with van der Waals surface area (Å²) in [6.45, 7) is 2.24. The molecular formula is C9H17F3N2O. The number of alkyl halides is 3. The van der Waals surface area contributed by atoms with Crippen molar-refractivity contribution in [1.29, 1.82) is 0 Å². The van der Waals surface area contributed by atoms with Crippen LogP contribution in [0.2, 0.25) is 0 Å². The number of nitrogens with two attached hydrogens (primary N) is 1. The summed E-state index contributed by atoms with van der Waals surface area (Å²) >= 11 is 0. The zero-order chi connectivity index (χ0) is 12.3. The predicted molar refractivity (Wildman–Crippen MR) is 51.2 cm³/mol. The van der Waals surface area contributed by atoms with E-state index in [1.165, 1.54) is 0 Å². The molecule has 0 aromatic rings. The van der Waals surface area contributed by atoms with E-state index in [4.69, 9.17) is 5.73 Å². The van der Waals surface area contributed by atoms with Gasteiger partial charge in [0, 0.05) is 19.0 Å². The Hall–Kier alpha value is -0.780. The lowest BCUT2D eigenvalue weighted by Crippen LogP contribution is -2.38. The number of carbonyl (C=O) groups is 1. The van der Waals surface area contributed by atoms with Gasteiger partial charge in [0.05, 0.1) is 0 Å². The lowest BCUT2D eigenvalue weighted by atomic mass is 10.00. The molecule has 0 aromatic heterocycles. The Morgan fingerprint density at radius 1 is 1.33 bits per heavy atom. The maximum Gasteiger partial charge on any atom is 0.406 e. The van der Waals surface area contributed by atoms with Crippen molar-refractivity contribution >= 4 is 5.91 Å². The minimum absolute atomic E-state index is 0.0378. The minimum atomic E-state index is -4.34. The van der Waals surface area contributed by atoms with Crippen molar-refractivity contribution < 1.29 is 18.0 Å². The van der Waals surface area contributed by atoms with Gasteiger partial charge in [-0.1, -0.05) is 0 Å². The molecule has 1 amide bonds. The number of hydrogen-bond donors (Lipinski definition) is 1. The molecule has 3 nitrogen and oxygen atoms in total. The Balaban J connectivity index is 4.01. The van der Waals surface area contributed by atoms with Gasteiger partial charge in [0.25, 0.3) is 0 Å². The molecule has 0 unspecified atom stereocenters. The molecule has 0 aliphatic rings. The van der Waals surface area contributed by atoms with Crippen LogP contribution in [0.4, 0.5) is 13.2 Å². The molecule has 90 valence electrons. The molecule has 0 aliphatic heterocycles. The molecule has 0 radical (unpaired) electrons. The molecule has 2 N–H and O–H groups in total. The zero-order valence-electron chi connectivity index (χ0n) is 9.19. The van der Waals surface area contributed by atoms with Crippen LogP contribution in [0.1, 0.15) is 26.7 Å². The van der Waals surface area contributed by atoms with E-state index in [-0.39, 0.29) is 6.42 Å². The van der Waals surface area contributed by atoms with E-state index in [0.29, 0.717) is 11.3 Å². The zero-order valence-corrected chi connectivity index (χ0v) is 9.19. The van der Waals surface area contributed by atoms with Gasteiger partial charge in [0.15, 0.2) is 0 Å². The summed E-state index contributed by atoms with van der Waals surface area (Å²) in [7, 11) is 1.14. The summed E-state index contributed by atoms with van der Waals surface area (Å²) in [5.74, 6) is -0.536. The first-order valence-corrected chi connectivity index (χ1v) is 4.61. The fourth-order valence-electron chi connectivity index (χ4n) is 0.977. The largest absolute Gasteiger partial charge is 0.406 e. The summed E-state index contributed by atoms with van der Waals surface area (Å²) in [6.07, 6.45) is -3.94. The molecule has 0 rings (SSSR count). The van der Waals surface area contributed by atoms with E-state index in [1.807, 2.05) is 0 Å². The second-order valence-corrected chi connectivity index (χ2v) is 4.35. The molecule has 0 bridgehead atoms. The minimum Gasteiger partial charge on any atom is -0.337 e. The number of hydrogen-bond acceptors (Lipinski definition) is 2. The van der Waals surface area contributed by atoms with E-state index in [9.17, 15) is 18.0 Å². The highest BCUT2D eigenvalue weighted by Gasteiger charge is 2.31. The molecule has 0 aromatic carbocycles. The average molecular weight is 226 g/mol. The van der Waals surface area contributed by atoms with E-state index in [1.54, 1.807) is 13.8 Å². The molecule has 0 atom stereocenters. The van der Waals surface area contributed by atoms with Gasteiger partial charge < -0.3 is 10.6 Å². The fraction of sp³-hybridized carbons (Fsp3) is 0.889. The smallest absolute Gasteiger partial charge is 0.337 e. The quantitative estimate of drug-likeness (QED) is 0.790. The van der Waals surface area contributed by atoms with E-state index >= 15 is 0 Å². The van der Waals surface area contributed by atoms with Crippen molar-refractivity contribution in [2.75, 3.05) is 13.6 Å². The Kier molecular flexibility index (Phi) is 4.58. The summed E-state index contributed by atoms with van der Waals surface area (Å²) in [6, 6.07) is 0. The van der Waals surface area contributed by atoms with Crippen LogP contribution in [0.3, 0.4) is 0 Å². The van der Waals surface area contributed by atoms with Gasteiger partial charge in [-0.3, -0.25) is 4.79 Å². The number of rotatable bonds is 4. The molecule has 6 heteroatoms. The van der Waals surface area contributed by atoms with Crippen LogP contribution < -0.4 is 5.73 Å². The Bertz CT molecular complexity index is 220. The first-order chi connectivity index (χ1) is 6.51. The van der Waals surface area contributed by atoms with Crippen LogP contribution in [0.15, 0.2) is 0 Å². The first-order valence-electron chi connectivity index (χ1n) is 4.61. The molecule has 0 saturated heterocycles. The lowest BCUT2D eigenvalue weighted by molar-refractivity contribution is -0.158. The first kappa shape index (κ1) is 14.2. The lowest BCUT2D eigenvalue weighted by Gasteiger charge is -2.22. The third-order valence-electron chi connectivity index (χ3n) is 1.83. The average Bonchev–Trinajstić information content (AvgIpc) is 1.95. The number of carbonyl (C=O) groups excluding carboxylic acids is 1. The topological polar surface area (TPSA) is 46.3 Å². The highest BCUT2D eigenvalue weighted by molar-refractivity contribution is 5.75. The Morgan fingerprint density at radius 2 is 1.80 bits per heavy atom. The molecule has 0 aliphatic carbocycles. The van der Waals surface area contributed by atoms with Crippen molar-refractivity contribution in [2.45, 2.75) is 38.4 Å². The number of nitrogens with zero attached hydrogens (tertiary/aromatic N) is 1. The third-order valence-corrected chi connectivity index (χ3v) is 1.83. The van der Waals surface area contributed by atoms with Crippen LogP contribution >= 0.6 is 0 Å². The van der Waals surface area contributed by atoms with Crippen LogP contribution in [0.25, 0.3) is 0 Å². The van der Waals surface area contributed by atoms with Gasteiger partial charge in [0.2, 0.25) is 5.91 Å². The molecule has 15 heavy (non-hydrogen) atoms. The van der Waals surface area contributed by atoms with Crippen LogP contribution in [0.5, 0.6) is 0 Å². The standard InChI is InChI=1S/C9H17F3N2O/c1-8(2,13)5-4-7(15)14(3)6-9(10,11)12/h4-6,13H2,1-3H3. The summed E-state index contributed by atoms with van der Waals surface area (Å²) in [5.41, 5.74) is 5.09. The van der Waals surface area contributed by atoms with Crippen LogP contribution in [-0.4, -0.2) is 36.1 Å². The van der Waals surface area contributed by atoms with Crippen molar-refractivity contribution in [1.82, 2.24) is 4.90 Å². The second kappa shape index (κ2) is 4.83. The van der Waals surface area contributed by atoms with Crippen molar-refractivity contribution in [3.05, 3.63) is 0 Å². The molecule has 0 fully saturated rings. The molecule has 0 spiro atoms. The van der Waals surface area contributed by atoms with E-state index in [2.05, 4.69) is 0 Å². The van der Waals surface area contributed by atoms with Gasteiger partial charge >= 0.3 is 6.18 Å². The highest BCUT2D eigenvalue weighted by Crippen LogP contribution is 2.17. The van der Waals surface area contributed by atoms with Gasteiger partial charge in [-0.25, -0.2) is 0 Å². The van der Waals surface area contributed by atoms with Gasteiger partial charge in [-0.2, -0.15) is 13.2 Å². The number of amides is 1. The summed E-state index contributed by atoms with van der Waals surface area (Å²) in [5, 5.41) is 0. The van der Waals surface area contributed by atoms with Crippen LogP contribution in [-0.2, 0) is 4.79 Å². The SMILES string of the molecule is CN(CC(F)(F)F)C(=O)CCC(C)(C)N. The maximum absolute atomic E-state index is 11.9. The van der Waals surface area contributed by atoms with E-state index < -0.39 is 24.2 Å². The van der Waals surface area contributed by atoms with Crippen LogP contribution in [0, 0.1) is 0 Å². The van der Waals surface area contributed by atoms with Gasteiger partial charge in [0.1, 0.15) is 6.54 Å². The summed E-state index contributed by atoms with van der Waals surface area (Å²) in [4.78, 5) is 11.9. The predicted octanol–water partition coefficient (Wildman–Crippen LogP) is 1.52. The molecule has 0 heterocycles. The Labute approximate surface area is 87.4 Å².